The number of hydrogen-bond donors (Lipinski definition) is 1. The molecule has 0 saturated carbocycles. The number of aryl methyl sites for hydroxylation is 1. The number of aromatic nitrogens is 3. The zero-order valence-corrected chi connectivity index (χ0v) is 13.1. The summed E-state index contributed by atoms with van der Waals surface area (Å²) in [5.74, 6) is 0.947. The number of carbonyl (C=O) groups is 1. The van der Waals surface area contributed by atoms with E-state index in [0.29, 0.717) is 16.7 Å². The topological polar surface area (TPSA) is 61.9 Å². The highest BCUT2D eigenvalue weighted by Gasteiger charge is 2.34. The van der Waals surface area contributed by atoms with Crippen molar-refractivity contribution in [3.63, 3.8) is 0 Å². The molecule has 2 aromatic rings. The van der Waals surface area contributed by atoms with Gasteiger partial charge < -0.3 is 4.90 Å². The molecule has 0 unspecified atom stereocenters. The number of H-pyrrole nitrogens is 1. The predicted octanol–water partition coefficient (Wildman–Crippen LogP) is 2.92. The molecule has 0 spiro atoms. The zero-order chi connectivity index (χ0) is 14.8. The first kappa shape index (κ1) is 14.4. The summed E-state index contributed by atoms with van der Waals surface area (Å²) in [5.41, 5.74) is 0.886. The van der Waals surface area contributed by atoms with Crippen LogP contribution in [-0.2, 0) is 11.2 Å². The van der Waals surface area contributed by atoms with Crippen molar-refractivity contribution in [3.8, 4) is 0 Å². The molecule has 1 amide bonds. The third-order valence-electron chi connectivity index (χ3n) is 3.39. The maximum absolute atomic E-state index is 12.5. The van der Waals surface area contributed by atoms with Gasteiger partial charge in [-0.2, -0.15) is 0 Å². The summed E-state index contributed by atoms with van der Waals surface area (Å²) in [7, 11) is 0. The molecule has 1 fully saturated rings. The second kappa shape index (κ2) is 6.07. The molecular weight excluding hydrogens is 308 g/mol. The molecule has 2 heterocycles. The van der Waals surface area contributed by atoms with Crippen molar-refractivity contribution in [1.82, 2.24) is 15.2 Å². The van der Waals surface area contributed by atoms with Gasteiger partial charge in [-0.25, -0.2) is 4.98 Å². The minimum absolute atomic E-state index is 0.102. The summed E-state index contributed by atoms with van der Waals surface area (Å²) in [6, 6.07) is 7.34. The van der Waals surface area contributed by atoms with E-state index in [4.69, 9.17) is 11.6 Å². The summed E-state index contributed by atoms with van der Waals surface area (Å²) in [6.07, 6.45) is 1.60. The van der Waals surface area contributed by atoms with Crippen LogP contribution in [0, 0.1) is 0 Å². The zero-order valence-electron chi connectivity index (χ0n) is 11.5. The molecule has 1 aliphatic heterocycles. The van der Waals surface area contributed by atoms with Gasteiger partial charge in [0, 0.05) is 23.7 Å². The maximum atomic E-state index is 12.5. The van der Waals surface area contributed by atoms with Crippen molar-refractivity contribution in [1.29, 1.82) is 0 Å². The third kappa shape index (κ3) is 3.06. The fourth-order valence-corrected chi connectivity index (χ4v) is 3.35. The normalized spacial score (nSPS) is 18.5. The number of amides is 1. The summed E-state index contributed by atoms with van der Waals surface area (Å²) < 4.78 is 0. The maximum Gasteiger partial charge on any atom is 0.240 e. The van der Waals surface area contributed by atoms with Crippen LogP contribution >= 0.6 is 23.4 Å². The molecule has 1 aromatic carbocycles. The van der Waals surface area contributed by atoms with Crippen LogP contribution in [0.25, 0.3) is 0 Å². The van der Waals surface area contributed by atoms with Gasteiger partial charge in [0.25, 0.3) is 0 Å². The number of nitrogens with zero attached hydrogens (tertiary/aromatic N) is 3. The Bertz CT molecular complexity index is 643. The second-order valence-electron chi connectivity index (χ2n) is 4.78. The highest BCUT2D eigenvalue weighted by atomic mass is 35.5. The van der Waals surface area contributed by atoms with Gasteiger partial charge in [-0.3, -0.25) is 9.89 Å². The number of carbonyl (C=O) groups excluding carboxylic acids is 1. The molecule has 0 aliphatic carbocycles. The fourth-order valence-electron chi connectivity index (χ4n) is 2.26. The predicted molar refractivity (Wildman–Crippen MR) is 83.8 cm³/mol. The highest BCUT2D eigenvalue weighted by molar-refractivity contribution is 8.00. The Hall–Kier alpha value is -1.53. The molecule has 1 aromatic heterocycles. The molecule has 1 saturated heterocycles. The minimum atomic E-state index is -0.124. The quantitative estimate of drug-likeness (QED) is 0.940. The van der Waals surface area contributed by atoms with E-state index in [-0.39, 0.29) is 11.2 Å². The number of rotatable bonds is 4. The molecule has 21 heavy (non-hydrogen) atoms. The van der Waals surface area contributed by atoms with E-state index in [1.54, 1.807) is 17.0 Å². The Morgan fingerprint density at radius 2 is 2.19 bits per heavy atom. The average Bonchev–Trinajstić information content (AvgIpc) is 3.08. The van der Waals surface area contributed by atoms with Crippen molar-refractivity contribution < 1.29 is 4.79 Å². The monoisotopic (exact) mass is 322 g/mol. The number of halogens is 1. The molecule has 7 heteroatoms. The van der Waals surface area contributed by atoms with Crippen LogP contribution in [0.1, 0.15) is 19.2 Å². The average molecular weight is 323 g/mol. The van der Waals surface area contributed by atoms with Crippen LogP contribution in [0.4, 0.5) is 5.69 Å². The van der Waals surface area contributed by atoms with Gasteiger partial charge >= 0.3 is 0 Å². The van der Waals surface area contributed by atoms with Crippen molar-refractivity contribution >= 4 is 35.0 Å². The van der Waals surface area contributed by atoms with Gasteiger partial charge in [0.2, 0.25) is 11.1 Å². The molecular formula is C14H15ClN4OS. The Kier molecular flexibility index (Phi) is 4.17. The van der Waals surface area contributed by atoms with Crippen molar-refractivity contribution in [3.05, 3.63) is 35.1 Å². The summed E-state index contributed by atoms with van der Waals surface area (Å²) in [4.78, 5) is 18.6. The van der Waals surface area contributed by atoms with E-state index in [0.717, 1.165) is 24.4 Å². The first-order chi connectivity index (χ1) is 10.2. The lowest BCUT2D eigenvalue weighted by molar-refractivity contribution is -0.116. The molecule has 1 N–H and O–H groups in total. The van der Waals surface area contributed by atoms with Gasteiger partial charge in [0.1, 0.15) is 5.82 Å². The number of thioether (sulfide) groups is 1. The van der Waals surface area contributed by atoms with Crippen LogP contribution in [-0.4, -0.2) is 32.9 Å². The number of benzene rings is 1. The van der Waals surface area contributed by atoms with E-state index < -0.39 is 0 Å². The Labute approximate surface area is 132 Å². The fraction of sp³-hybridized carbons (Fsp3) is 0.357. The molecule has 1 atom stereocenters. The van der Waals surface area contributed by atoms with Gasteiger partial charge in [-0.05, 0) is 30.7 Å². The number of anilines is 1. The highest BCUT2D eigenvalue weighted by Crippen LogP contribution is 2.31. The summed E-state index contributed by atoms with van der Waals surface area (Å²) >= 11 is 7.31. The lowest BCUT2D eigenvalue weighted by Gasteiger charge is -2.16. The molecule has 0 bridgehead atoms. The lowest BCUT2D eigenvalue weighted by atomic mass is 10.3. The van der Waals surface area contributed by atoms with Crippen molar-refractivity contribution in [2.24, 2.45) is 0 Å². The second-order valence-corrected chi connectivity index (χ2v) is 6.39. The van der Waals surface area contributed by atoms with E-state index in [1.807, 2.05) is 19.1 Å². The van der Waals surface area contributed by atoms with Crippen LogP contribution < -0.4 is 4.90 Å². The summed E-state index contributed by atoms with van der Waals surface area (Å²) in [5, 5.41) is 8.19. The molecule has 1 aliphatic rings. The third-order valence-corrected chi connectivity index (χ3v) is 4.76. The van der Waals surface area contributed by atoms with Crippen LogP contribution in [0.15, 0.2) is 29.4 Å². The lowest BCUT2D eigenvalue weighted by Crippen LogP contribution is -2.27. The van der Waals surface area contributed by atoms with Crippen LogP contribution in [0.5, 0.6) is 0 Å². The Morgan fingerprint density at radius 3 is 2.86 bits per heavy atom. The van der Waals surface area contributed by atoms with E-state index in [9.17, 15) is 4.79 Å². The number of hydrogen-bond acceptors (Lipinski definition) is 4. The van der Waals surface area contributed by atoms with Gasteiger partial charge in [0.05, 0.1) is 5.25 Å². The molecule has 0 radical (unpaired) electrons. The largest absolute Gasteiger partial charge is 0.311 e. The molecule has 3 rings (SSSR count). The van der Waals surface area contributed by atoms with E-state index in [1.165, 1.54) is 11.8 Å². The Balaban J connectivity index is 1.69. The van der Waals surface area contributed by atoms with Gasteiger partial charge in [-0.15, -0.1) is 5.10 Å². The number of nitrogens with one attached hydrogen (secondary N) is 1. The SMILES string of the molecule is CCc1nc(S[C@@H]2CCN(c3ccc(Cl)cc3)C2=O)n[nH]1. The van der Waals surface area contributed by atoms with Gasteiger partial charge in [-0.1, -0.05) is 30.3 Å². The minimum Gasteiger partial charge on any atom is -0.311 e. The van der Waals surface area contributed by atoms with E-state index in [2.05, 4.69) is 15.2 Å². The van der Waals surface area contributed by atoms with E-state index >= 15 is 0 Å². The first-order valence-electron chi connectivity index (χ1n) is 6.82. The van der Waals surface area contributed by atoms with Crippen LogP contribution in [0.2, 0.25) is 5.02 Å². The first-order valence-corrected chi connectivity index (χ1v) is 8.08. The van der Waals surface area contributed by atoms with Crippen LogP contribution in [0.3, 0.4) is 0 Å². The molecule has 5 nitrogen and oxygen atoms in total. The molecule has 110 valence electrons. The Morgan fingerprint density at radius 1 is 1.43 bits per heavy atom. The summed E-state index contributed by atoms with van der Waals surface area (Å²) in [6.45, 7) is 2.72. The van der Waals surface area contributed by atoms with Crippen molar-refractivity contribution in [2.45, 2.75) is 30.2 Å². The smallest absolute Gasteiger partial charge is 0.240 e. The number of aromatic amines is 1. The van der Waals surface area contributed by atoms with Gasteiger partial charge in [0.15, 0.2) is 0 Å². The van der Waals surface area contributed by atoms with Crippen molar-refractivity contribution in [2.75, 3.05) is 11.4 Å². The standard InChI is InChI=1S/C14H15ClN4OS/c1-2-12-16-14(18-17-12)21-11-7-8-19(13(11)20)10-5-3-9(15)4-6-10/h3-6,11H,2,7-8H2,1H3,(H,16,17,18)/t11-/m1/s1.